The molecule has 1 unspecified atom stereocenters. The molecule has 1 N–H and O–H groups in total. The topological polar surface area (TPSA) is 98.2 Å². The van der Waals surface area contributed by atoms with Crippen molar-refractivity contribution in [1.29, 1.82) is 0 Å². The lowest BCUT2D eigenvalue weighted by Gasteiger charge is -2.13. The van der Waals surface area contributed by atoms with Crippen LogP contribution in [0.5, 0.6) is 11.6 Å². The number of sulfone groups is 1. The van der Waals surface area contributed by atoms with E-state index >= 15 is 0 Å². The summed E-state index contributed by atoms with van der Waals surface area (Å²) >= 11 is 0. The van der Waals surface area contributed by atoms with Crippen molar-refractivity contribution in [2.24, 2.45) is 0 Å². The van der Waals surface area contributed by atoms with Crippen LogP contribution in [0.1, 0.15) is 23.1 Å². The van der Waals surface area contributed by atoms with E-state index < -0.39 is 21.8 Å². The van der Waals surface area contributed by atoms with Crippen molar-refractivity contribution in [3.8, 4) is 11.6 Å². The monoisotopic (exact) mass is 361 g/mol. The largest absolute Gasteiger partial charge is 0.438 e. The molecule has 0 fully saturated rings. The molecule has 0 saturated heterocycles. The first-order valence-corrected chi connectivity index (χ1v) is 9.46. The minimum atomic E-state index is -3.26. The van der Waals surface area contributed by atoms with Gasteiger partial charge in [-0.3, -0.25) is 4.79 Å². The van der Waals surface area contributed by atoms with Gasteiger partial charge >= 0.3 is 0 Å². The third kappa shape index (κ3) is 6.00. The third-order valence-electron chi connectivity index (χ3n) is 3.05. The number of carbonyl (C=O) groups excluding carboxylic acids is 1. The number of aryl methyl sites for hydroxylation is 1. The molecule has 7 nitrogen and oxygen atoms in total. The quantitative estimate of drug-likeness (QED) is 0.847. The summed E-state index contributed by atoms with van der Waals surface area (Å²) in [6, 6.07) is 8.46. The molecule has 25 heavy (non-hydrogen) atoms. The molecule has 1 atom stereocenters. The standard InChI is InChI=1S/C17H19N3O4S/c1-12(9-10-25(3,22)23)19-16(21)15-11-18-13(2)20-17(15)24-14-7-5-4-6-8-14/h4-12H,1-3H3,(H,19,21). The highest BCUT2D eigenvalue weighted by Crippen LogP contribution is 2.22. The number of benzene rings is 1. The summed E-state index contributed by atoms with van der Waals surface area (Å²) in [4.78, 5) is 20.7. The average Bonchev–Trinajstić information content (AvgIpc) is 2.53. The molecule has 0 radical (unpaired) electrons. The summed E-state index contributed by atoms with van der Waals surface area (Å²) in [5, 5.41) is 3.71. The number of hydrogen-bond donors (Lipinski definition) is 1. The van der Waals surface area contributed by atoms with Crippen LogP contribution in [0.25, 0.3) is 0 Å². The fourth-order valence-corrected chi connectivity index (χ4v) is 2.40. The molecular weight excluding hydrogens is 342 g/mol. The Kier molecular flexibility index (Phi) is 5.87. The number of ether oxygens (including phenoxy) is 1. The van der Waals surface area contributed by atoms with Crippen LogP contribution in [0, 0.1) is 6.92 Å². The number of rotatable bonds is 6. The fraction of sp³-hybridized carbons (Fsp3) is 0.235. The molecule has 1 aromatic carbocycles. The molecule has 0 bridgehead atoms. The SMILES string of the molecule is Cc1ncc(C(=O)NC(C)C=CS(C)(=O)=O)c(Oc2ccccc2)n1. The van der Waals surface area contributed by atoms with E-state index in [0.717, 1.165) is 11.7 Å². The first-order valence-electron chi connectivity index (χ1n) is 7.50. The van der Waals surface area contributed by atoms with Crippen LogP contribution >= 0.6 is 0 Å². The van der Waals surface area contributed by atoms with Crippen molar-refractivity contribution in [3.63, 3.8) is 0 Å². The summed E-state index contributed by atoms with van der Waals surface area (Å²) in [5.41, 5.74) is 0.161. The average molecular weight is 361 g/mol. The van der Waals surface area contributed by atoms with E-state index in [1.807, 2.05) is 6.07 Å². The minimum Gasteiger partial charge on any atom is -0.438 e. The number of nitrogens with zero attached hydrogens (tertiary/aromatic N) is 2. The number of nitrogens with one attached hydrogen (secondary N) is 1. The molecule has 2 aromatic rings. The lowest BCUT2D eigenvalue weighted by molar-refractivity contribution is 0.0943. The summed E-state index contributed by atoms with van der Waals surface area (Å²) in [7, 11) is -3.26. The van der Waals surface area contributed by atoms with Crippen molar-refractivity contribution < 1.29 is 17.9 Å². The van der Waals surface area contributed by atoms with Gasteiger partial charge in [0.25, 0.3) is 5.91 Å². The van der Waals surface area contributed by atoms with Gasteiger partial charge in [-0.2, -0.15) is 4.98 Å². The van der Waals surface area contributed by atoms with Gasteiger partial charge in [0, 0.05) is 23.9 Å². The zero-order chi connectivity index (χ0) is 18.4. The van der Waals surface area contributed by atoms with Gasteiger partial charge in [0.15, 0.2) is 9.84 Å². The molecule has 0 aliphatic rings. The predicted molar refractivity (Wildman–Crippen MR) is 94.2 cm³/mol. The van der Waals surface area contributed by atoms with Gasteiger partial charge in [-0.1, -0.05) is 24.3 Å². The molecule has 0 aliphatic heterocycles. The zero-order valence-corrected chi connectivity index (χ0v) is 14.9. The van der Waals surface area contributed by atoms with E-state index in [2.05, 4.69) is 15.3 Å². The highest BCUT2D eigenvalue weighted by atomic mass is 32.2. The maximum Gasteiger partial charge on any atom is 0.258 e. The molecule has 2 rings (SSSR count). The Morgan fingerprint density at radius 1 is 1.28 bits per heavy atom. The van der Waals surface area contributed by atoms with Crippen LogP contribution in [0.3, 0.4) is 0 Å². The molecule has 1 aromatic heterocycles. The number of aromatic nitrogens is 2. The second-order valence-electron chi connectivity index (χ2n) is 5.47. The lowest BCUT2D eigenvalue weighted by Crippen LogP contribution is -2.31. The van der Waals surface area contributed by atoms with E-state index in [9.17, 15) is 13.2 Å². The highest BCUT2D eigenvalue weighted by molar-refractivity contribution is 7.93. The van der Waals surface area contributed by atoms with Gasteiger partial charge < -0.3 is 10.1 Å². The van der Waals surface area contributed by atoms with Crippen molar-refractivity contribution in [3.05, 3.63) is 59.4 Å². The van der Waals surface area contributed by atoms with Gasteiger partial charge in [-0.05, 0) is 26.0 Å². The molecule has 1 heterocycles. The second kappa shape index (κ2) is 7.89. The van der Waals surface area contributed by atoms with E-state index in [-0.39, 0.29) is 11.4 Å². The maximum atomic E-state index is 12.4. The predicted octanol–water partition coefficient (Wildman–Crippen LogP) is 2.25. The first kappa shape index (κ1) is 18.6. The Labute approximate surface area is 146 Å². The van der Waals surface area contributed by atoms with Crippen LogP contribution in [-0.2, 0) is 9.84 Å². The van der Waals surface area contributed by atoms with Crippen molar-refractivity contribution in [2.75, 3.05) is 6.26 Å². The molecule has 0 saturated carbocycles. The Morgan fingerprint density at radius 2 is 1.96 bits per heavy atom. The van der Waals surface area contributed by atoms with Crippen molar-refractivity contribution in [2.45, 2.75) is 19.9 Å². The van der Waals surface area contributed by atoms with Gasteiger partial charge in [-0.15, -0.1) is 0 Å². The second-order valence-corrected chi connectivity index (χ2v) is 7.40. The van der Waals surface area contributed by atoms with Gasteiger partial charge in [0.05, 0.1) is 0 Å². The Bertz CT molecular complexity index is 880. The Hall–Kier alpha value is -2.74. The van der Waals surface area contributed by atoms with Crippen molar-refractivity contribution >= 4 is 15.7 Å². The molecule has 132 valence electrons. The number of amides is 1. The molecule has 0 spiro atoms. The smallest absolute Gasteiger partial charge is 0.258 e. The van der Waals surface area contributed by atoms with E-state index in [1.54, 1.807) is 38.1 Å². The van der Waals surface area contributed by atoms with Gasteiger partial charge in [0.1, 0.15) is 17.1 Å². The highest BCUT2D eigenvalue weighted by Gasteiger charge is 2.17. The maximum absolute atomic E-state index is 12.4. The number of para-hydroxylation sites is 1. The molecule has 1 amide bonds. The minimum absolute atomic E-state index is 0.135. The number of carbonyl (C=O) groups is 1. The summed E-state index contributed by atoms with van der Waals surface area (Å²) < 4.78 is 28.0. The van der Waals surface area contributed by atoms with Crippen LogP contribution in [0.4, 0.5) is 0 Å². The van der Waals surface area contributed by atoms with Gasteiger partial charge in [-0.25, -0.2) is 13.4 Å². The zero-order valence-electron chi connectivity index (χ0n) is 14.1. The van der Waals surface area contributed by atoms with Crippen molar-refractivity contribution in [1.82, 2.24) is 15.3 Å². The first-order chi connectivity index (χ1) is 11.7. The van der Waals surface area contributed by atoms with Crippen LogP contribution in [0.2, 0.25) is 0 Å². The molecular formula is C17H19N3O4S. The third-order valence-corrected chi connectivity index (χ3v) is 3.70. The van der Waals surface area contributed by atoms with E-state index in [4.69, 9.17) is 4.74 Å². The fourth-order valence-electron chi connectivity index (χ4n) is 1.88. The number of hydrogen-bond acceptors (Lipinski definition) is 6. The lowest BCUT2D eigenvalue weighted by atomic mass is 10.2. The summed E-state index contributed by atoms with van der Waals surface area (Å²) in [5.74, 6) is 0.680. The van der Waals surface area contributed by atoms with Gasteiger partial charge in [0.2, 0.25) is 5.88 Å². The Morgan fingerprint density at radius 3 is 2.60 bits per heavy atom. The molecule has 8 heteroatoms. The Balaban J connectivity index is 2.20. The van der Waals surface area contributed by atoms with E-state index in [1.165, 1.54) is 12.3 Å². The van der Waals surface area contributed by atoms with Crippen LogP contribution < -0.4 is 10.1 Å². The molecule has 0 aliphatic carbocycles. The normalized spacial score (nSPS) is 12.8. The summed E-state index contributed by atoms with van der Waals surface area (Å²) in [6.45, 7) is 3.35. The van der Waals surface area contributed by atoms with Crippen LogP contribution in [-0.4, -0.2) is 36.6 Å². The summed E-state index contributed by atoms with van der Waals surface area (Å²) in [6.07, 6.45) is 3.85. The van der Waals surface area contributed by atoms with Crippen LogP contribution in [0.15, 0.2) is 48.0 Å². The van der Waals surface area contributed by atoms with E-state index in [0.29, 0.717) is 11.6 Å².